The van der Waals surface area contributed by atoms with Gasteiger partial charge in [-0.3, -0.25) is 0 Å². The molecule has 21 heavy (non-hydrogen) atoms. The van der Waals surface area contributed by atoms with Gasteiger partial charge in [-0.2, -0.15) is 4.86 Å². The second-order valence-corrected chi connectivity index (χ2v) is 12.7. The molecular weight excluding hydrogens is 348 g/mol. The average molecular weight is 363 g/mol. The van der Waals surface area contributed by atoms with Crippen molar-refractivity contribution in [1.82, 2.24) is 4.86 Å². The summed E-state index contributed by atoms with van der Waals surface area (Å²) >= 11 is 4.48. The highest BCUT2D eigenvalue weighted by atomic mass is 32.5. The lowest BCUT2D eigenvalue weighted by atomic mass is 10.4. The van der Waals surface area contributed by atoms with Crippen molar-refractivity contribution in [2.75, 3.05) is 0 Å². The van der Waals surface area contributed by atoms with E-state index < -0.39 is 23.4 Å². The fraction of sp³-hybridized carbons (Fsp3) is 0. The number of hydrogen-bond acceptors (Lipinski definition) is 1. The molecular formula is C12H15NO4P2S2. The molecule has 0 aliphatic carbocycles. The van der Waals surface area contributed by atoms with Gasteiger partial charge in [0.25, 0.3) is 6.64 Å². The molecule has 2 rings (SSSR count). The van der Waals surface area contributed by atoms with Gasteiger partial charge < -0.3 is 19.6 Å². The summed E-state index contributed by atoms with van der Waals surface area (Å²) in [5.41, 5.74) is 0. The maximum absolute atomic E-state index is 10.4. The fourth-order valence-electron chi connectivity index (χ4n) is 1.74. The van der Waals surface area contributed by atoms with Gasteiger partial charge in [-0.25, -0.2) is 0 Å². The number of rotatable bonds is 4. The van der Waals surface area contributed by atoms with Gasteiger partial charge in [0.1, 0.15) is 0 Å². The Balaban J connectivity index is 2.70. The monoisotopic (exact) mass is 363 g/mol. The average Bonchev–Trinajstić information content (AvgIpc) is 2.38. The molecule has 0 heterocycles. The first-order valence-corrected chi connectivity index (χ1v) is 12.1. The predicted molar refractivity (Wildman–Crippen MR) is 90.0 cm³/mol. The Kier molecular flexibility index (Phi) is 5.54. The second-order valence-electron chi connectivity index (χ2n) is 4.10. The molecule has 0 aliphatic heterocycles. The van der Waals surface area contributed by atoms with Crippen LogP contribution in [0, 0.1) is 0 Å². The zero-order chi connectivity index (χ0) is 15.5. The molecule has 2 aromatic carbocycles. The van der Waals surface area contributed by atoms with Crippen LogP contribution in [0.2, 0.25) is 0 Å². The number of hydrogen-bond donors (Lipinski definition) is 5. The van der Waals surface area contributed by atoms with Crippen molar-refractivity contribution in [2.45, 2.75) is 9.79 Å². The summed E-state index contributed by atoms with van der Waals surface area (Å²) in [6.07, 6.45) is 0. The highest BCUT2D eigenvalue weighted by molar-refractivity contribution is 8.31. The quantitative estimate of drug-likeness (QED) is 0.535. The van der Waals surface area contributed by atoms with E-state index in [0.29, 0.717) is 9.79 Å². The lowest BCUT2D eigenvalue weighted by Gasteiger charge is -2.23. The molecule has 0 aromatic heterocycles. The van der Waals surface area contributed by atoms with Crippen LogP contribution in [0.25, 0.3) is 0 Å². The number of benzene rings is 2. The van der Waals surface area contributed by atoms with Gasteiger partial charge >= 0.3 is 0 Å². The van der Waals surface area contributed by atoms with E-state index in [1.807, 2.05) is 12.1 Å². The van der Waals surface area contributed by atoms with Crippen molar-refractivity contribution in [3.05, 3.63) is 60.7 Å². The zero-order valence-corrected chi connectivity index (χ0v) is 14.2. The zero-order valence-electron chi connectivity index (χ0n) is 10.8. The van der Waals surface area contributed by atoms with E-state index in [9.17, 15) is 19.6 Å². The van der Waals surface area contributed by atoms with E-state index in [1.165, 1.54) is 0 Å². The molecule has 0 amide bonds. The molecule has 0 saturated heterocycles. The molecule has 0 radical (unpaired) electrons. The molecule has 0 atom stereocenters. The third-order valence-electron chi connectivity index (χ3n) is 2.45. The van der Waals surface area contributed by atoms with Crippen LogP contribution in [0.3, 0.4) is 0 Å². The van der Waals surface area contributed by atoms with E-state index in [1.54, 1.807) is 48.5 Å². The molecule has 0 aliphatic rings. The summed E-state index contributed by atoms with van der Waals surface area (Å²) in [5, 5.41) is 0. The van der Waals surface area contributed by atoms with Gasteiger partial charge in [-0.15, -0.1) is 0 Å². The van der Waals surface area contributed by atoms with Crippen molar-refractivity contribution in [2.24, 2.45) is 0 Å². The van der Waals surface area contributed by atoms with Gasteiger partial charge in [0, 0.05) is 9.79 Å². The van der Waals surface area contributed by atoms with Gasteiger partial charge in [0.2, 0.25) is 6.64 Å². The maximum atomic E-state index is 10.4. The van der Waals surface area contributed by atoms with Gasteiger partial charge in [-0.05, 0) is 36.1 Å². The van der Waals surface area contributed by atoms with Crippen LogP contribution in [-0.4, -0.2) is 19.6 Å². The van der Waals surface area contributed by atoms with Crippen LogP contribution in [0.5, 0.6) is 0 Å². The van der Waals surface area contributed by atoms with Crippen molar-refractivity contribution >= 4 is 35.2 Å². The summed E-state index contributed by atoms with van der Waals surface area (Å²) in [5.74, 6) is 0. The minimum Gasteiger partial charge on any atom is -0.337 e. The van der Waals surface area contributed by atoms with Crippen molar-refractivity contribution in [3.63, 3.8) is 0 Å². The molecule has 0 unspecified atom stereocenters. The first-order chi connectivity index (χ1) is 9.80. The van der Waals surface area contributed by atoms with E-state index in [-0.39, 0.29) is 0 Å². The van der Waals surface area contributed by atoms with Crippen LogP contribution in [-0.2, 0) is 21.9 Å². The van der Waals surface area contributed by atoms with Gasteiger partial charge in [0.05, 0.1) is 0 Å². The predicted octanol–water partition coefficient (Wildman–Crippen LogP) is 2.18. The minimum absolute atomic E-state index is 0.679. The Morgan fingerprint density at radius 1 is 0.762 bits per heavy atom. The second kappa shape index (κ2) is 6.84. The Labute approximate surface area is 130 Å². The van der Waals surface area contributed by atoms with E-state index >= 15 is 0 Å². The third-order valence-corrected chi connectivity index (χ3v) is 10.7. The largest absolute Gasteiger partial charge is 0.337 e. The standard InChI is InChI=1S/C12H15NO4P2S2/c14-18(15,20)13-19(16,17)21(11-7-3-1-4-8-11)12-9-5-2-6-10-12/h1-10,16-17H,(H3,13,14,15,20). The van der Waals surface area contributed by atoms with Crippen LogP contribution in [0.15, 0.2) is 70.5 Å². The molecule has 0 saturated carbocycles. The number of nitrogens with one attached hydrogen (secondary N) is 1. The summed E-state index contributed by atoms with van der Waals surface area (Å²) in [6, 6.07) is 17.8. The van der Waals surface area contributed by atoms with Gasteiger partial charge in [0.15, 0.2) is 0 Å². The first-order valence-electron chi connectivity index (χ1n) is 5.84. The van der Waals surface area contributed by atoms with Crippen LogP contribution in [0.1, 0.15) is 0 Å². The van der Waals surface area contributed by atoms with Crippen molar-refractivity contribution < 1.29 is 19.6 Å². The Morgan fingerprint density at radius 2 is 1.14 bits per heavy atom. The molecule has 5 N–H and O–H groups in total. The lowest BCUT2D eigenvalue weighted by molar-refractivity contribution is 0.445. The molecule has 2 aromatic rings. The summed E-state index contributed by atoms with van der Waals surface area (Å²) in [4.78, 5) is 43.0. The minimum atomic E-state index is -3.94. The summed E-state index contributed by atoms with van der Waals surface area (Å²) < 4.78 is 0. The van der Waals surface area contributed by atoms with E-state index in [2.05, 4.69) is 16.7 Å². The summed E-state index contributed by atoms with van der Waals surface area (Å²) in [7, 11) is -1.16. The maximum Gasteiger partial charge on any atom is 0.263 e. The van der Waals surface area contributed by atoms with Crippen LogP contribution >= 0.6 is 13.3 Å². The van der Waals surface area contributed by atoms with Crippen LogP contribution in [0.4, 0.5) is 0 Å². The summed E-state index contributed by atoms with van der Waals surface area (Å²) in [6.45, 7) is -7.84. The SMILES string of the molecule is OP(O)(=S)NP(O)(O)=S(c1ccccc1)c1ccccc1. The third kappa shape index (κ3) is 4.83. The van der Waals surface area contributed by atoms with Crippen molar-refractivity contribution in [3.8, 4) is 0 Å². The smallest absolute Gasteiger partial charge is 0.263 e. The van der Waals surface area contributed by atoms with Crippen molar-refractivity contribution in [1.29, 1.82) is 0 Å². The Bertz CT molecular complexity index is 671. The molecule has 114 valence electrons. The van der Waals surface area contributed by atoms with Gasteiger partial charge in [-0.1, -0.05) is 46.5 Å². The molecule has 0 fully saturated rings. The first kappa shape index (κ1) is 17.0. The topological polar surface area (TPSA) is 93.0 Å². The van der Waals surface area contributed by atoms with E-state index in [0.717, 1.165) is 0 Å². The van der Waals surface area contributed by atoms with Crippen LogP contribution < -0.4 is 4.86 Å². The van der Waals surface area contributed by atoms with E-state index in [4.69, 9.17) is 0 Å². The normalized spacial score (nSPS) is 12.6. The molecule has 0 bridgehead atoms. The molecule has 0 spiro atoms. The lowest BCUT2D eigenvalue weighted by Crippen LogP contribution is -2.11. The highest BCUT2D eigenvalue weighted by Crippen LogP contribution is 2.51. The Hall–Kier alpha value is -0.330. The highest BCUT2D eigenvalue weighted by Gasteiger charge is 2.25. The fourth-order valence-corrected chi connectivity index (χ4v) is 10.9. The molecule has 5 nitrogen and oxygen atoms in total. The molecule has 9 heteroatoms. The Morgan fingerprint density at radius 3 is 1.48 bits per heavy atom.